The van der Waals surface area contributed by atoms with Gasteiger partial charge in [0.1, 0.15) is 5.75 Å². The van der Waals surface area contributed by atoms with Crippen LogP contribution in [-0.4, -0.2) is 28.6 Å². The van der Waals surface area contributed by atoms with Crippen molar-refractivity contribution in [2.24, 2.45) is 5.92 Å². The molecule has 0 radical (unpaired) electrons. The van der Waals surface area contributed by atoms with E-state index in [1.165, 1.54) is 6.08 Å². The maximum Gasteiger partial charge on any atom is 0.327 e. The highest BCUT2D eigenvalue weighted by atomic mass is 16.5. The molecule has 2 aliphatic rings. The minimum Gasteiger partial charge on any atom is -0.493 e. The molecule has 1 amide bonds. The van der Waals surface area contributed by atoms with Crippen molar-refractivity contribution in [2.75, 3.05) is 11.9 Å². The third-order valence-electron chi connectivity index (χ3n) is 6.80. The first-order valence-electron chi connectivity index (χ1n) is 11.4. The third kappa shape index (κ3) is 4.38. The number of anilines is 1. The fourth-order valence-corrected chi connectivity index (χ4v) is 4.91. The number of amides is 1. The Labute approximate surface area is 202 Å². The van der Waals surface area contributed by atoms with Crippen molar-refractivity contribution in [3.05, 3.63) is 89.8 Å². The number of hydrogen-bond acceptors (Lipinski definition) is 5. The monoisotopic (exact) mass is 465 g/mol. The number of allylic oxidation sites excluding steroid dienone is 1. The number of aliphatic carboxylic acids is 1. The Balaban J connectivity index is 1.41. The van der Waals surface area contributed by atoms with Gasteiger partial charge < -0.3 is 15.2 Å². The summed E-state index contributed by atoms with van der Waals surface area (Å²) in [6.07, 6.45) is 7.94. The van der Waals surface area contributed by atoms with Crippen LogP contribution in [0.15, 0.2) is 73.1 Å². The van der Waals surface area contributed by atoms with Crippen molar-refractivity contribution in [1.82, 2.24) is 4.98 Å². The summed E-state index contributed by atoms with van der Waals surface area (Å²) in [4.78, 5) is 28.4. The molecule has 1 fully saturated rings. The highest BCUT2D eigenvalue weighted by Gasteiger charge is 2.61. The molecule has 174 valence electrons. The van der Waals surface area contributed by atoms with Crippen LogP contribution >= 0.6 is 0 Å². The van der Waals surface area contributed by atoms with Crippen LogP contribution in [0.5, 0.6) is 5.75 Å². The summed E-state index contributed by atoms with van der Waals surface area (Å²) in [5, 5.41) is 21.2. The molecule has 7 nitrogen and oxygen atoms in total. The molecule has 35 heavy (non-hydrogen) atoms. The predicted octanol–water partition coefficient (Wildman–Crippen LogP) is 4.48. The van der Waals surface area contributed by atoms with Crippen LogP contribution in [0.1, 0.15) is 29.5 Å². The number of fused-ring (bicyclic) bond motifs is 2. The number of rotatable bonds is 6. The van der Waals surface area contributed by atoms with E-state index in [9.17, 15) is 14.9 Å². The van der Waals surface area contributed by atoms with Crippen molar-refractivity contribution in [3.8, 4) is 22.9 Å². The van der Waals surface area contributed by atoms with E-state index in [4.69, 9.17) is 9.84 Å². The normalized spacial score (nSPS) is 20.0. The maximum absolute atomic E-state index is 13.4. The molecule has 0 bridgehead atoms. The lowest BCUT2D eigenvalue weighted by molar-refractivity contribution is -0.131. The fourth-order valence-electron chi connectivity index (χ4n) is 4.91. The zero-order chi connectivity index (χ0) is 24.4. The third-order valence-corrected chi connectivity index (χ3v) is 6.80. The van der Waals surface area contributed by atoms with Crippen LogP contribution in [0.2, 0.25) is 0 Å². The largest absolute Gasteiger partial charge is 0.493 e. The van der Waals surface area contributed by atoms with Crippen LogP contribution in [-0.2, 0) is 21.4 Å². The number of carbonyl (C=O) groups excluding carboxylic acids is 1. The van der Waals surface area contributed by atoms with Crippen molar-refractivity contribution in [1.29, 1.82) is 5.26 Å². The lowest BCUT2D eigenvalue weighted by Crippen LogP contribution is -2.27. The van der Waals surface area contributed by atoms with E-state index in [0.717, 1.165) is 46.9 Å². The number of nitriles is 1. The van der Waals surface area contributed by atoms with E-state index in [-0.39, 0.29) is 17.2 Å². The molecule has 1 aromatic heterocycles. The molecular weight excluding hydrogens is 442 g/mol. The first kappa shape index (κ1) is 22.4. The van der Waals surface area contributed by atoms with Crippen molar-refractivity contribution in [3.63, 3.8) is 0 Å². The molecule has 3 aromatic rings. The molecule has 0 unspecified atom stereocenters. The van der Waals surface area contributed by atoms with Crippen LogP contribution < -0.4 is 10.1 Å². The van der Waals surface area contributed by atoms with Gasteiger partial charge in [0.2, 0.25) is 5.91 Å². The minimum atomic E-state index is -1.03. The highest BCUT2D eigenvalue weighted by molar-refractivity contribution is 5.97. The first-order chi connectivity index (χ1) is 17.0. The molecule has 7 heteroatoms. The second-order valence-corrected chi connectivity index (χ2v) is 8.88. The molecule has 2 N–H and O–H groups in total. The summed E-state index contributed by atoms with van der Waals surface area (Å²) in [6.45, 7) is 0.554. The molecule has 2 aromatic carbocycles. The first-order valence-corrected chi connectivity index (χ1v) is 11.4. The summed E-state index contributed by atoms with van der Waals surface area (Å²) >= 11 is 0. The zero-order valence-corrected chi connectivity index (χ0v) is 18.9. The van der Waals surface area contributed by atoms with Crippen LogP contribution in [0.25, 0.3) is 11.1 Å². The van der Waals surface area contributed by atoms with Crippen molar-refractivity contribution in [2.45, 2.75) is 24.7 Å². The molecule has 2 heterocycles. The molecular formula is C28H23N3O4. The summed E-state index contributed by atoms with van der Waals surface area (Å²) in [5.41, 5.74) is 4.49. The molecule has 1 spiro atoms. The number of pyridine rings is 1. The maximum atomic E-state index is 13.4. The Hall–Kier alpha value is -4.44. The quantitative estimate of drug-likeness (QED) is 0.519. The second-order valence-electron chi connectivity index (χ2n) is 8.88. The van der Waals surface area contributed by atoms with E-state index in [1.54, 1.807) is 24.4 Å². The van der Waals surface area contributed by atoms with E-state index in [1.807, 2.05) is 30.5 Å². The summed E-state index contributed by atoms with van der Waals surface area (Å²) in [5.74, 6) is -0.552. The van der Waals surface area contributed by atoms with Crippen molar-refractivity contribution >= 4 is 17.6 Å². The second kappa shape index (κ2) is 9.07. The summed E-state index contributed by atoms with van der Waals surface area (Å²) in [6, 6.07) is 17.1. The number of carboxylic acids is 1. The van der Waals surface area contributed by atoms with E-state index >= 15 is 0 Å². The van der Waals surface area contributed by atoms with Crippen LogP contribution in [0.3, 0.4) is 0 Å². The standard InChI is InChI=1S/C28H23N3O4/c29-16-18-6-7-19(3-1-5-26(32)33)24(13-18)31-27(34)23-15-28(23)10-12-35-25-9-8-20(14-22(25)28)21-4-2-11-30-17-21/h1-2,4-9,11,13-14,17,23H,3,10,12,15H2,(H,31,34)(H,32,33)/t23-,28-/m0/s1. The van der Waals surface area contributed by atoms with Gasteiger partial charge >= 0.3 is 5.97 Å². The number of aromatic nitrogens is 1. The number of nitrogens with one attached hydrogen (secondary N) is 1. The van der Waals surface area contributed by atoms with E-state index < -0.39 is 5.97 Å². The molecule has 0 saturated heterocycles. The van der Waals surface area contributed by atoms with Crippen LogP contribution in [0, 0.1) is 17.2 Å². The smallest absolute Gasteiger partial charge is 0.327 e. The van der Waals surface area contributed by atoms with Gasteiger partial charge in [0.25, 0.3) is 0 Å². The number of carboxylic acid groups (broad SMARTS) is 1. The van der Waals surface area contributed by atoms with Gasteiger partial charge in [0.05, 0.1) is 18.2 Å². The van der Waals surface area contributed by atoms with Gasteiger partial charge in [-0.2, -0.15) is 5.26 Å². The van der Waals surface area contributed by atoms with E-state index in [0.29, 0.717) is 24.3 Å². The van der Waals surface area contributed by atoms with Gasteiger partial charge in [-0.15, -0.1) is 0 Å². The zero-order valence-electron chi connectivity index (χ0n) is 18.9. The average Bonchev–Trinajstić information content (AvgIpc) is 3.60. The Morgan fingerprint density at radius 3 is 2.89 bits per heavy atom. The molecule has 1 aliphatic heterocycles. The SMILES string of the molecule is N#Cc1ccc(CC=CC(=O)O)c(NC(=O)[C@@H]2C[C@]23CCOc2ccc(-c4cccnc4)cc23)c1. The Kier molecular flexibility index (Phi) is 5.79. The average molecular weight is 466 g/mol. The molecule has 5 rings (SSSR count). The van der Waals surface area contributed by atoms with Gasteiger partial charge in [-0.25, -0.2) is 4.79 Å². The summed E-state index contributed by atoms with van der Waals surface area (Å²) in [7, 11) is 0. The van der Waals surface area contributed by atoms with Gasteiger partial charge in [-0.05, 0) is 60.7 Å². The topological polar surface area (TPSA) is 112 Å². The number of carbonyl (C=O) groups is 2. The van der Waals surface area contributed by atoms with Gasteiger partial charge in [-0.3, -0.25) is 9.78 Å². The minimum absolute atomic E-state index is 0.108. The van der Waals surface area contributed by atoms with Gasteiger partial charge in [0.15, 0.2) is 0 Å². The Bertz CT molecular complexity index is 1380. The van der Waals surface area contributed by atoms with E-state index in [2.05, 4.69) is 22.4 Å². The number of benzene rings is 2. The molecule has 1 saturated carbocycles. The Morgan fingerprint density at radius 2 is 2.11 bits per heavy atom. The van der Waals surface area contributed by atoms with Gasteiger partial charge in [-0.1, -0.05) is 24.3 Å². The predicted molar refractivity (Wildman–Crippen MR) is 130 cm³/mol. The molecule has 2 atom stereocenters. The highest BCUT2D eigenvalue weighted by Crippen LogP contribution is 2.61. The number of nitrogens with zero attached hydrogens (tertiary/aromatic N) is 2. The lowest BCUT2D eigenvalue weighted by Gasteiger charge is -2.27. The van der Waals surface area contributed by atoms with Crippen molar-refractivity contribution < 1.29 is 19.4 Å². The van der Waals surface area contributed by atoms with Gasteiger partial charge in [0, 0.05) is 46.6 Å². The lowest BCUT2D eigenvalue weighted by atomic mass is 9.85. The Morgan fingerprint density at radius 1 is 1.23 bits per heavy atom. The molecule has 1 aliphatic carbocycles. The summed E-state index contributed by atoms with van der Waals surface area (Å²) < 4.78 is 5.91. The number of hydrogen-bond donors (Lipinski definition) is 2. The number of ether oxygens (including phenoxy) is 1. The fraction of sp³-hybridized carbons (Fsp3) is 0.214. The van der Waals surface area contributed by atoms with Crippen LogP contribution in [0.4, 0.5) is 5.69 Å².